The second-order valence-corrected chi connectivity index (χ2v) is 9.97. The van der Waals surface area contributed by atoms with Gasteiger partial charge in [0.2, 0.25) is 6.41 Å². The number of ether oxygens (including phenoxy) is 2. The smallest absolute Gasteiger partial charge is 0.416 e. The van der Waals surface area contributed by atoms with Gasteiger partial charge in [0, 0.05) is 7.11 Å². The Balaban J connectivity index is 0. The average molecular weight is 649 g/mol. The monoisotopic (exact) mass is 648 g/mol. The molecule has 258 valence electrons. The van der Waals surface area contributed by atoms with Gasteiger partial charge in [0.05, 0.1) is 12.2 Å². The fourth-order valence-corrected chi connectivity index (χ4v) is 3.78. The molecule has 1 saturated carbocycles. The summed E-state index contributed by atoms with van der Waals surface area (Å²) >= 11 is 0. The summed E-state index contributed by atoms with van der Waals surface area (Å²) in [5.41, 5.74) is -0.669. The molecule has 2 rings (SSSR count). The van der Waals surface area contributed by atoms with Crippen LogP contribution in [0.4, 0.5) is 13.2 Å². The van der Waals surface area contributed by atoms with E-state index in [1.54, 1.807) is 6.07 Å². The van der Waals surface area contributed by atoms with E-state index in [9.17, 15) is 32.9 Å². The van der Waals surface area contributed by atoms with Gasteiger partial charge < -0.3 is 24.7 Å². The predicted octanol–water partition coefficient (Wildman–Crippen LogP) is 7.23. The van der Waals surface area contributed by atoms with Gasteiger partial charge in [-0.1, -0.05) is 69.4 Å². The Hall–Kier alpha value is -3.61. The van der Waals surface area contributed by atoms with Crippen LogP contribution in [-0.4, -0.2) is 55.0 Å². The van der Waals surface area contributed by atoms with Crippen LogP contribution in [0.3, 0.4) is 0 Å². The zero-order chi connectivity index (χ0) is 34.5. The summed E-state index contributed by atoms with van der Waals surface area (Å²) in [6.45, 7) is 7.21. The Bertz CT molecular complexity index is 968. The van der Waals surface area contributed by atoms with Crippen LogP contribution in [0.25, 0.3) is 0 Å². The van der Waals surface area contributed by atoms with Crippen molar-refractivity contribution in [3.05, 3.63) is 64.2 Å². The number of unbranched alkanes of at least 4 members (excludes halogenated alkanes) is 2. The van der Waals surface area contributed by atoms with Crippen molar-refractivity contribution < 1.29 is 47.3 Å². The number of carbonyl (C=O) groups is 2. The molecule has 10 nitrogen and oxygen atoms in total. The van der Waals surface area contributed by atoms with Crippen molar-refractivity contribution in [3.63, 3.8) is 0 Å². The lowest BCUT2D eigenvalue weighted by Crippen LogP contribution is -2.37. The molecule has 0 aliphatic heterocycles. The number of rotatable bonds is 15. The number of nitrogens with one attached hydrogen (secondary N) is 1. The molecular weight excluding hydrogens is 597 g/mol. The maximum atomic E-state index is 12.5. The van der Waals surface area contributed by atoms with E-state index < -0.39 is 34.9 Å². The number of esters is 1. The third-order valence-electron chi connectivity index (χ3n) is 6.14. The second-order valence-electron chi connectivity index (χ2n) is 9.97. The van der Waals surface area contributed by atoms with Crippen molar-refractivity contribution in [2.45, 2.75) is 104 Å². The van der Waals surface area contributed by atoms with Crippen molar-refractivity contribution >= 4 is 12.4 Å². The van der Waals surface area contributed by atoms with Gasteiger partial charge in [-0.05, 0) is 70.6 Å². The molecule has 2 unspecified atom stereocenters. The van der Waals surface area contributed by atoms with Gasteiger partial charge >= 0.3 is 12.1 Å². The normalized spacial score (nSPS) is 14.3. The van der Waals surface area contributed by atoms with Crippen molar-refractivity contribution in [2.24, 2.45) is 5.92 Å². The van der Waals surface area contributed by atoms with Crippen LogP contribution in [0.15, 0.2) is 48.6 Å². The summed E-state index contributed by atoms with van der Waals surface area (Å²) in [6.07, 6.45) is 15.0. The van der Waals surface area contributed by atoms with Crippen molar-refractivity contribution in [2.75, 3.05) is 20.3 Å². The molecular formula is C32H51F3N2O8. The molecule has 1 fully saturated rings. The minimum Gasteiger partial charge on any atom is -0.493 e. The number of aliphatic hydroxyl groups excluding tert-OH is 1. The second kappa shape index (κ2) is 27.9. The van der Waals surface area contributed by atoms with Gasteiger partial charge in [0.25, 0.3) is 5.09 Å². The molecule has 0 heterocycles. The Morgan fingerprint density at radius 3 is 2.38 bits per heavy atom. The number of amides is 1. The standard InChI is InChI=1S/C17H21F3O.C7H12N2O6.C7H14.CH4O/c18-17(19,20)15-10-6-11-16(13-15)21-12-5-4-9-14-7-2-1-3-8-14;1-5(3-14-9(12)13)15-7(11)6(2)8-4-10;1-3-5-7-6-4-2;1-2/h4,6,9-11,13-14H,1-3,5,7-8,12H2;4-6H,3H2,1-2H3,(H,8,10);3,5H,4,6-7H2,1-2H3;2H,1H3/b9-4+;;5-3-;. The van der Waals surface area contributed by atoms with Crippen molar-refractivity contribution in [1.29, 1.82) is 0 Å². The Kier molecular flexibility index (Phi) is 27.0. The van der Waals surface area contributed by atoms with Crippen molar-refractivity contribution in [3.8, 4) is 5.75 Å². The van der Waals surface area contributed by atoms with Crippen LogP contribution >= 0.6 is 0 Å². The highest BCUT2D eigenvalue weighted by Gasteiger charge is 2.30. The number of hydrogen-bond acceptors (Lipinski definition) is 8. The summed E-state index contributed by atoms with van der Waals surface area (Å²) < 4.78 is 47.8. The summed E-state index contributed by atoms with van der Waals surface area (Å²) in [7, 11) is 1.00. The van der Waals surface area contributed by atoms with Crippen LogP contribution in [0.5, 0.6) is 5.75 Å². The number of aliphatic hydroxyl groups is 1. The predicted molar refractivity (Wildman–Crippen MR) is 167 cm³/mol. The van der Waals surface area contributed by atoms with E-state index in [4.69, 9.17) is 14.6 Å². The first-order valence-electron chi connectivity index (χ1n) is 15.1. The SMILES string of the molecule is C/C=C\CCCC.CC(CO[N+](=O)[O-])OC(=O)C(C)NC=O.CO.FC(F)(F)c1cccc(OCC/C=C/C2CCCCC2)c1. The zero-order valence-electron chi connectivity index (χ0n) is 27.1. The van der Waals surface area contributed by atoms with Gasteiger partial charge in [-0.25, -0.2) is 4.79 Å². The van der Waals surface area contributed by atoms with E-state index in [-0.39, 0.29) is 12.4 Å². The lowest BCUT2D eigenvalue weighted by molar-refractivity contribution is -0.759. The van der Waals surface area contributed by atoms with Crippen LogP contribution < -0.4 is 10.1 Å². The molecule has 1 aromatic rings. The van der Waals surface area contributed by atoms with Crippen LogP contribution in [0.2, 0.25) is 0 Å². The van der Waals surface area contributed by atoms with Crippen LogP contribution in [0.1, 0.15) is 91.0 Å². The van der Waals surface area contributed by atoms with E-state index in [1.165, 1.54) is 71.3 Å². The molecule has 0 aromatic heterocycles. The van der Waals surface area contributed by atoms with Gasteiger partial charge in [-0.2, -0.15) is 13.2 Å². The molecule has 2 N–H and O–H groups in total. The quantitative estimate of drug-likeness (QED) is 0.0507. The highest BCUT2D eigenvalue weighted by molar-refractivity contribution is 5.77. The fourth-order valence-electron chi connectivity index (χ4n) is 3.78. The van der Waals surface area contributed by atoms with Gasteiger partial charge in [0.1, 0.15) is 24.5 Å². The maximum absolute atomic E-state index is 12.5. The maximum Gasteiger partial charge on any atom is 0.416 e. The van der Waals surface area contributed by atoms with Crippen molar-refractivity contribution in [1.82, 2.24) is 5.32 Å². The highest BCUT2D eigenvalue weighted by atomic mass is 19.4. The number of allylic oxidation sites excluding steroid dienone is 3. The van der Waals surface area contributed by atoms with Gasteiger partial charge in [-0.3, -0.25) is 4.79 Å². The number of halogens is 3. The molecule has 0 bridgehead atoms. The topological polar surface area (TPSA) is 137 Å². The molecule has 45 heavy (non-hydrogen) atoms. The first-order chi connectivity index (χ1) is 21.4. The lowest BCUT2D eigenvalue weighted by atomic mass is 9.89. The molecule has 1 aromatic carbocycles. The van der Waals surface area contributed by atoms with Crippen LogP contribution in [-0.2, 0) is 25.3 Å². The van der Waals surface area contributed by atoms with E-state index in [2.05, 4.69) is 48.3 Å². The molecule has 13 heteroatoms. The Labute approximate surface area is 265 Å². The lowest BCUT2D eigenvalue weighted by Gasteiger charge is -2.17. The summed E-state index contributed by atoms with van der Waals surface area (Å²) in [6, 6.07) is 4.23. The molecule has 0 saturated heterocycles. The summed E-state index contributed by atoms with van der Waals surface area (Å²) in [5.74, 6) is 0.268. The molecule has 1 amide bonds. The number of alkyl halides is 3. The minimum atomic E-state index is -4.32. The highest BCUT2D eigenvalue weighted by Crippen LogP contribution is 2.31. The Morgan fingerprint density at radius 1 is 1.16 bits per heavy atom. The Morgan fingerprint density at radius 2 is 1.82 bits per heavy atom. The fraction of sp³-hybridized carbons (Fsp3) is 0.625. The number of hydrogen-bond donors (Lipinski definition) is 2. The van der Waals surface area contributed by atoms with E-state index in [0.717, 1.165) is 25.7 Å². The third-order valence-corrected chi connectivity index (χ3v) is 6.14. The van der Waals surface area contributed by atoms with Crippen LogP contribution in [0, 0.1) is 16.0 Å². The number of carbonyl (C=O) groups excluding carboxylic acids is 2. The van der Waals surface area contributed by atoms with Gasteiger partial charge in [0.15, 0.2) is 0 Å². The molecule has 0 radical (unpaired) electrons. The van der Waals surface area contributed by atoms with E-state index in [0.29, 0.717) is 18.9 Å². The van der Waals surface area contributed by atoms with Gasteiger partial charge in [-0.15, -0.1) is 10.1 Å². The number of benzene rings is 1. The largest absolute Gasteiger partial charge is 0.493 e. The first kappa shape index (κ1) is 43.5. The molecule has 2 atom stereocenters. The summed E-state index contributed by atoms with van der Waals surface area (Å²) in [5, 5.41) is 18.0. The van der Waals surface area contributed by atoms with E-state index in [1.807, 2.05) is 0 Å². The minimum absolute atomic E-state index is 0.274. The molecule has 1 aliphatic carbocycles. The molecule has 1 aliphatic rings. The average Bonchev–Trinajstić information content (AvgIpc) is 3.02. The summed E-state index contributed by atoms with van der Waals surface area (Å²) in [4.78, 5) is 34.9. The van der Waals surface area contributed by atoms with E-state index >= 15 is 0 Å². The number of nitrogens with zero attached hydrogens (tertiary/aromatic N) is 1. The third kappa shape index (κ3) is 25.4. The first-order valence-corrected chi connectivity index (χ1v) is 15.1. The zero-order valence-corrected chi connectivity index (χ0v) is 27.1. The molecule has 0 spiro atoms.